The maximum Gasteiger partial charge on any atom is 0.242 e. The zero-order valence-electron chi connectivity index (χ0n) is 17.9. The van der Waals surface area contributed by atoms with E-state index in [4.69, 9.17) is 4.74 Å². The van der Waals surface area contributed by atoms with Crippen LogP contribution < -0.4 is 14.8 Å². The van der Waals surface area contributed by atoms with Crippen LogP contribution in [-0.4, -0.2) is 27.0 Å². The van der Waals surface area contributed by atoms with E-state index in [1.807, 2.05) is 45.9 Å². The molecule has 29 heavy (non-hydrogen) atoms. The smallest absolute Gasteiger partial charge is 0.242 e. The van der Waals surface area contributed by atoms with E-state index in [9.17, 15) is 13.2 Å². The van der Waals surface area contributed by atoms with Crippen LogP contribution in [0.1, 0.15) is 50.3 Å². The van der Waals surface area contributed by atoms with Crippen molar-refractivity contribution in [3.8, 4) is 5.75 Å². The van der Waals surface area contributed by atoms with E-state index in [2.05, 4.69) is 10.0 Å². The van der Waals surface area contributed by atoms with Gasteiger partial charge in [-0.05, 0) is 68.5 Å². The number of nitrogens with one attached hydrogen (secondary N) is 2. The lowest BCUT2D eigenvalue weighted by atomic mass is 9.98. The molecule has 0 spiro atoms. The molecular weight excluding hydrogens is 388 g/mol. The predicted octanol–water partition coefficient (Wildman–Crippen LogP) is 4.13. The van der Waals surface area contributed by atoms with Crippen LogP contribution in [-0.2, 0) is 14.8 Å². The van der Waals surface area contributed by atoms with Gasteiger partial charge in [-0.25, -0.2) is 8.42 Å². The highest BCUT2D eigenvalue weighted by molar-refractivity contribution is 7.89. The molecular formula is C22H30N2O4S. The molecule has 0 saturated carbocycles. The van der Waals surface area contributed by atoms with Crippen LogP contribution in [0.3, 0.4) is 0 Å². The summed E-state index contributed by atoms with van der Waals surface area (Å²) in [5, 5.41) is 2.89. The Hall–Kier alpha value is -2.38. The monoisotopic (exact) mass is 418 g/mol. The number of rotatable bonds is 8. The topological polar surface area (TPSA) is 84.5 Å². The van der Waals surface area contributed by atoms with Gasteiger partial charge in [-0.2, -0.15) is 4.72 Å². The fourth-order valence-corrected chi connectivity index (χ4v) is 4.32. The summed E-state index contributed by atoms with van der Waals surface area (Å²) in [4.78, 5) is 12.8. The zero-order valence-corrected chi connectivity index (χ0v) is 18.7. The van der Waals surface area contributed by atoms with Crippen molar-refractivity contribution in [3.05, 3.63) is 53.1 Å². The number of aryl methyl sites for hydroxylation is 2. The van der Waals surface area contributed by atoms with Crippen molar-refractivity contribution in [2.24, 2.45) is 0 Å². The maximum absolute atomic E-state index is 12.7. The van der Waals surface area contributed by atoms with Crippen molar-refractivity contribution < 1.29 is 17.9 Å². The molecule has 0 aliphatic rings. The van der Waals surface area contributed by atoms with E-state index in [-0.39, 0.29) is 10.8 Å². The summed E-state index contributed by atoms with van der Waals surface area (Å²) in [6.45, 7) is 11.7. The average Bonchev–Trinajstić information content (AvgIpc) is 2.64. The van der Waals surface area contributed by atoms with Gasteiger partial charge in [0.2, 0.25) is 15.9 Å². The Morgan fingerprint density at radius 3 is 2.34 bits per heavy atom. The van der Waals surface area contributed by atoms with Crippen LogP contribution in [0.5, 0.6) is 5.75 Å². The Kier molecular flexibility index (Phi) is 7.43. The minimum atomic E-state index is -3.85. The third kappa shape index (κ3) is 5.58. The van der Waals surface area contributed by atoms with Gasteiger partial charge in [-0.3, -0.25) is 4.79 Å². The van der Waals surface area contributed by atoms with E-state index in [1.54, 1.807) is 13.0 Å². The normalized spacial score (nSPS) is 12.7. The number of amides is 1. The van der Waals surface area contributed by atoms with Crippen LogP contribution in [0.25, 0.3) is 0 Å². The number of carbonyl (C=O) groups is 1. The maximum atomic E-state index is 12.7. The van der Waals surface area contributed by atoms with Gasteiger partial charge in [0.15, 0.2) is 0 Å². The standard InChI is InChI=1S/C22H30N2O4S/c1-7-28-20-12-11-18(13-16(20)5)29(26,27)24-17(6)22(25)23-21-15(4)9-8-10-19(21)14(2)3/h8-14,17,24H,7H2,1-6H3,(H,23,25)/t17-/m1/s1. The third-order valence-corrected chi connectivity index (χ3v) is 6.20. The van der Waals surface area contributed by atoms with Crippen LogP contribution in [0, 0.1) is 13.8 Å². The lowest BCUT2D eigenvalue weighted by molar-refractivity contribution is -0.117. The first kappa shape index (κ1) is 22.9. The molecule has 0 aliphatic carbocycles. The quantitative estimate of drug-likeness (QED) is 0.675. The molecule has 2 aromatic rings. The van der Waals surface area contributed by atoms with Gasteiger partial charge in [0.25, 0.3) is 0 Å². The summed E-state index contributed by atoms with van der Waals surface area (Å²) in [6.07, 6.45) is 0. The largest absolute Gasteiger partial charge is 0.494 e. The number of carbonyl (C=O) groups excluding carboxylic acids is 1. The highest BCUT2D eigenvalue weighted by Gasteiger charge is 2.24. The lowest BCUT2D eigenvalue weighted by Gasteiger charge is -2.19. The van der Waals surface area contributed by atoms with Gasteiger partial charge in [-0.1, -0.05) is 32.0 Å². The number of benzene rings is 2. The fourth-order valence-electron chi connectivity index (χ4n) is 3.03. The lowest BCUT2D eigenvalue weighted by Crippen LogP contribution is -2.41. The van der Waals surface area contributed by atoms with E-state index < -0.39 is 22.0 Å². The van der Waals surface area contributed by atoms with E-state index in [0.717, 1.165) is 16.8 Å². The molecule has 0 unspecified atom stereocenters. The van der Waals surface area contributed by atoms with Crippen molar-refractivity contribution >= 4 is 21.6 Å². The van der Waals surface area contributed by atoms with E-state index >= 15 is 0 Å². The minimum absolute atomic E-state index is 0.0943. The van der Waals surface area contributed by atoms with Crippen LogP contribution in [0.15, 0.2) is 41.3 Å². The van der Waals surface area contributed by atoms with Crippen molar-refractivity contribution in [1.82, 2.24) is 4.72 Å². The Labute approximate surface area is 173 Å². The molecule has 0 radical (unpaired) electrons. The van der Waals surface area contributed by atoms with Gasteiger partial charge in [0.1, 0.15) is 5.75 Å². The van der Waals surface area contributed by atoms with Crippen LogP contribution >= 0.6 is 0 Å². The highest BCUT2D eigenvalue weighted by Crippen LogP contribution is 2.27. The summed E-state index contributed by atoms with van der Waals surface area (Å²) in [5.41, 5.74) is 3.39. The molecule has 2 rings (SSSR count). The van der Waals surface area contributed by atoms with Gasteiger partial charge >= 0.3 is 0 Å². The van der Waals surface area contributed by atoms with Gasteiger partial charge in [0, 0.05) is 5.69 Å². The molecule has 0 aliphatic heterocycles. The summed E-state index contributed by atoms with van der Waals surface area (Å²) in [6, 6.07) is 9.52. The highest BCUT2D eigenvalue weighted by atomic mass is 32.2. The minimum Gasteiger partial charge on any atom is -0.494 e. The molecule has 158 valence electrons. The average molecular weight is 419 g/mol. The number of para-hydroxylation sites is 1. The van der Waals surface area contributed by atoms with Gasteiger partial charge in [0.05, 0.1) is 17.5 Å². The first-order chi connectivity index (χ1) is 13.6. The molecule has 7 heteroatoms. The van der Waals surface area contributed by atoms with Crippen LogP contribution in [0.4, 0.5) is 5.69 Å². The first-order valence-electron chi connectivity index (χ1n) is 9.73. The van der Waals surface area contributed by atoms with Crippen molar-refractivity contribution in [1.29, 1.82) is 0 Å². The molecule has 1 atom stereocenters. The fraction of sp³-hybridized carbons (Fsp3) is 0.409. The zero-order chi connectivity index (χ0) is 21.8. The van der Waals surface area contributed by atoms with Gasteiger partial charge in [-0.15, -0.1) is 0 Å². The first-order valence-corrected chi connectivity index (χ1v) is 11.2. The van der Waals surface area contributed by atoms with Crippen molar-refractivity contribution in [3.63, 3.8) is 0 Å². The molecule has 0 saturated heterocycles. The molecule has 1 amide bonds. The summed E-state index contributed by atoms with van der Waals surface area (Å²) >= 11 is 0. The predicted molar refractivity (Wildman–Crippen MR) is 116 cm³/mol. The Morgan fingerprint density at radius 2 is 1.76 bits per heavy atom. The summed E-state index contributed by atoms with van der Waals surface area (Å²) < 4.78 is 33.4. The molecule has 2 aromatic carbocycles. The summed E-state index contributed by atoms with van der Waals surface area (Å²) in [7, 11) is -3.85. The number of sulfonamides is 1. The second-order valence-electron chi connectivity index (χ2n) is 7.39. The molecule has 0 bridgehead atoms. The van der Waals surface area contributed by atoms with Gasteiger partial charge < -0.3 is 10.1 Å². The Bertz CT molecular complexity index is 984. The van der Waals surface area contributed by atoms with Crippen LogP contribution in [0.2, 0.25) is 0 Å². The molecule has 0 aromatic heterocycles. The number of anilines is 1. The third-order valence-electron chi connectivity index (χ3n) is 4.66. The number of hydrogen-bond acceptors (Lipinski definition) is 4. The van der Waals surface area contributed by atoms with E-state index in [0.29, 0.717) is 17.9 Å². The van der Waals surface area contributed by atoms with Crippen molar-refractivity contribution in [2.45, 2.75) is 58.4 Å². The number of hydrogen-bond donors (Lipinski definition) is 2. The second-order valence-corrected chi connectivity index (χ2v) is 9.10. The molecule has 0 heterocycles. The molecule has 6 nitrogen and oxygen atoms in total. The SMILES string of the molecule is CCOc1ccc(S(=O)(=O)N[C@H](C)C(=O)Nc2c(C)cccc2C(C)C)cc1C. The molecule has 0 fully saturated rings. The Balaban J connectivity index is 2.18. The second kappa shape index (κ2) is 9.41. The number of ether oxygens (including phenoxy) is 1. The summed E-state index contributed by atoms with van der Waals surface area (Å²) in [5.74, 6) is 0.453. The van der Waals surface area contributed by atoms with Crippen molar-refractivity contribution in [2.75, 3.05) is 11.9 Å². The van der Waals surface area contributed by atoms with E-state index in [1.165, 1.54) is 19.1 Å². The molecule has 2 N–H and O–H groups in total. The Morgan fingerprint density at radius 1 is 1.07 bits per heavy atom.